The summed E-state index contributed by atoms with van der Waals surface area (Å²) in [4.78, 5) is 11.2. The van der Waals surface area contributed by atoms with Crippen LogP contribution < -0.4 is 0 Å². The van der Waals surface area contributed by atoms with E-state index in [1.807, 2.05) is 27.7 Å². The fourth-order valence-corrected chi connectivity index (χ4v) is 0.757. The Balaban J connectivity index is 3.81. The Morgan fingerprint density at radius 1 is 1.43 bits per heavy atom. The van der Waals surface area contributed by atoms with Gasteiger partial charge in [0.05, 0.1) is 0 Å². The fraction of sp³-hybridized carbons (Fsp3) is 0.545. The van der Waals surface area contributed by atoms with E-state index < -0.39 is 5.60 Å². The van der Waals surface area contributed by atoms with Crippen LogP contribution in [0.25, 0.3) is 0 Å². The van der Waals surface area contributed by atoms with E-state index in [0.29, 0.717) is 5.76 Å². The third-order valence-corrected chi connectivity index (χ3v) is 1.15. The second-order valence-corrected chi connectivity index (χ2v) is 3.84. The number of allylic oxidation sites excluding steroid dienone is 2. The van der Waals surface area contributed by atoms with Crippen molar-refractivity contribution >= 4 is 5.97 Å². The first-order valence-corrected chi connectivity index (χ1v) is 4.51. The molecule has 0 aromatic heterocycles. The SMILES string of the molecule is C=C(C=CC)OCC(=O)OC(C)(C)C. The van der Waals surface area contributed by atoms with Crippen LogP contribution >= 0.6 is 0 Å². The van der Waals surface area contributed by atoms with E-state index in [9.17, 15) is 4.79 Å². The van der Waals surface area contributed by atoms with Crippen LogP contribution in [0, 0.1) is 0 Å². The van der Waals surface area contributed by atoms with Crippen LogP contribution in [0.3, 0.4) is 0 Å². The van der Waals surface area contributed by atoms with Gasteiger partial charge < -0.3 is 9.47 Å². The molecule has 0 unspecified atom stereocenters. The van der Waals surface area contributed by atoms with Gasteiger partial charge in [-0.15, -0.1) is 0 Å². The predicted octanol–water partition coefficient (Wildman–Crippen LogP) is 2.43. The Morgan fingerprint density at radius 3 is 2.43 bits per heavy atom. The third kappa shape index (κ3) is 7.40. The largest absolute Gasteiger partial charge is 0.483 e. The van der Waals surface area contributed by atoms with Gasteiger partial charge in [-0.2, -0.15) is 0 Å². The summed E-state index contributed by atoms with van der Waals surface area (Å²) in [6.45, 7) is 10.8. The van der Waals surface area contributed by atoms with E-state index in [2.05, 4.69) is 6.58 Å². The average Bonchev–Trinajstić information content (AvgIpc) is 1.98. The van der Waals surface area contributed by atoms with Gasteiger partial charge in [-0.3, -0.25) is 0 Å². The summed E-state index contributed by atoms with van der Waals surface area (Å²) in [6, 6.07) is 0. The predicted molar refractivity (Wildman–Crippen MR) is 55.8 cm³/mol. The Bertz CT molecular complexity index is 233. The van der Waals surface area contributed by atoms with Gasteiger partial charge in [-0.05, 0) is 33.8 Å². The molecule has 0 aromatic rings. The summed E-state index contributed by atoms with van der Waals surface area (Å²) in [7, 11) is 0. The highest BCUT2D eigenvalue weighted by atomic mass is 16.6. The molecule has 0 bridgehead atoms. The lowest BCUT2D eigenvalue weighted by Gasteiger charge is -2.19. The first-order valence-electron chi connectivity index (χ1n) is 4.51. The van der Waals surface area contributed by atoms with Crippen LogP contribution in [-0.2, 0) is 14.3 Å². The molecule has 0 spiro atoms. The lowest BCUT2D eigenvalue weighted by molar-refractivity contribution is -0.158. The molecule has 0 aliphatic rings. The van der Waals surface area contributed by atoms with Gasteiger partial charge in [0.2, 0.25) is 0 Å². The molecule has 3 nitrogen and oxygen atoms in total. The van der Waals surface area contributed by atoms with Crippen molar-refractivity contribution in [3.05, 3.63) is 24.5 Å². The molecular formula is C11H18O3. The van der Waals surface area contributed by atoms with Gasteiger partial charge in [0.25, 0.3) is 0 Å². The van der Waals surface area contributed by atoms with E-state index in [4.69, 9.17) is 9.47 Å². The summed E-state index contributed by atoms with van der Waals surface area (Å²) < 4.78 is 10.1. The summed E-state index contributed by atoms with van der Waals surface area (Å²) in [5.74, 6) is 0.0708. The normalized spacial score (nSPS) is 11.4. The highest BCUT2D eigenvalue weighted by Gasteiger charge is 2.16. The van der Waals surface area contributed by atoms with Crippen LogP contribution in [-0.4, -0.2) is 18.2 Å². The van der Waals surface area contributed by atoms with E-state index >= 15 is 0 Å². The fourth-order valence-electron chi connectivity index (χ4n) is 0.757. The lowest BCUT2D eigenvalue weighted by atomic mass is 10.2. The van der Waals surface area contributed by atoms with Gasteiger partial charge in [0.1, 0.15) is 11.4 Å². The van der Waals surface area contributed by atoms with Gasteiger partial charge in [-0.1, -0.05) is 12.7 Å². The molecule has 80 valence electrons. The van der Waals surface area contributed by atoms with Crippen molar-refractivity contribution in [2.45, 2.75) is 33.3 Å². The molecular weight excluding hydrogens is 180 g/mol. The maximum Gasteiger partial charge on any atom is 0.344 e. The zero-order valence-electron chi connectivity index (χ0n) is 9.29. The quantitative estimate of drug-likeness (QED) is 0.395. The molecule has 0 fully saturated rings. The summed E-state index contributed by atoms with van der Waals surface area (Å²) in [6.07, 6.45) is 3.47. The minimum atomic E-state index is -0.470. The molecule has 0 atom stereocenters. The molecule has 3 heteroatoms. The van der Waals surface area contributed by atoms with Crippen LogP contribution in [0.1, 0.15) is 27.7 Å². The first kappa shape index (κ1) is 12.8. The van der Waals surface area contributed by atoms with Gasteiger partial charge in [-0.25, -0.2) is 4.79 Å². The van der Waals surface area contributed by atoms with Crippen molar-refractivity contribution in [2.24, 2.45) is 0 Å². The van der Waals surface area contributed by atoms with Crippen molar-refractivity contribution < 1.29 is 14.3 Å². The van der Waals surface area contributed by atoms with Crippen molar-refractivity contribution in [3.63, 3.8) is 0 Å². The second-order valence-electron chi connectivity index (χ2n) is 3.84. The molecule has 0 aliphatic carbocycles. The molecule has 0 saturated carbocycles. The number of hydrogen-bond acceptors (Lipinski definition) is 3. The van der Waals surface area contributed by atoms with Gasteiger partial charge >= 0.3 is 5.97 Å². The zero-order valence-corrected chi connectivity index (χ0v) is 9.29. The Labute approximate surface area is 85.4 Å². The minimum Gasteiger partial charge on any atom is -0.483 e. The highest BCUT2D eigenvalue weighted by Crippen LogP contribution is 2.07. The minimum absolute atomic E-state index is 0.0968. The molecule has 0 aromatic carbocycles. The van der Waals surface area contributed by atoms with Crippen LogP contribution in [0.4, 0.5) is 0 Å². The number of hydrogen-bond donors (Lipinski definition) is 0. The van der Waals surface area contributed by atoms with Crippen LogP contribution in [0.2, 0.25) is 0 Å². The molecule has 0 heterocycles. The molecule has 0 saturated heterocycles. The molecule has 0 N–H and O–H groups in total. The van der Waals surface area contributed by atoms with E-state index in [1.54, 1.807) is 12.2 Å². The summed E-state index contributed by atoms with van der Waals surface area (Å²) in [5.41, 5.74) is -0.470. The van der Waals surface area contributed by atoms with Crippen molar-refractivity contribution in [1.29, 1.82) is 0 Å². The van der Waals surface area contributed by atoms with E-state index in [1.165, 1.54) is 0 Å². The van der Waals surface area contributed by atoms with Gasteiger partial charge in [0, 0.05) is 0 Å². The van der Waals surface area contributed by atoms with E-state index in [-0.39, 0.29) is 12.6 Å². The monoisotopic (exact) mass is 198 g/mol. The third-order valence-electron chi connectivity index (χ3n) is 1.15. The maximum absolute atomic E-state index is 11.2. The van der Waals surface area contributed by atoms with Gasteiger partial charge in [0.15, 0.2) is 6.61 Å². The molecule has 0 rings (SSSR count). The standard InChI is InChI=1S/C11H18O3/c1-6-7-9(2)13-8-10(12)14-11(3,4)5/h6-7H,2,8H2,1,3-5H3. The van der Waals surface area contributed by atoms with Crippen molar-refractivity contribution in [3.8, 4) is 0 Å². The van der Waals surface area contributed by atoms with Crippen molar-refractivity contribution in [1.82, 2.24) is 0 Å². The number of carbonyl (C=O) groups excluding carboxylic acids is 1. The number of rotatable bonds is 4. The molecule has 14 heavy (non-hydrogen) atoms. The average molecular weight is 198 g/mol. The summed E-state index contributed by atoms with van der Waals surface area (Å²) in [5, 5.41) is 0. The first-order chi connectivity index (χ1) is 6.35. The Morgan fingerprint density at radius 2 is 2.00 bits per heavy atom. The highest BCUT2D eigenvalue weighted by molar-refractivity contribution is 5.71. The zero-order chi connectivity index (χ0) is 11.2. The molecule has 0 amide bonds. The van der Waals surface area contributed by atoms with E-state index in [0.717, 1.165) is 0 Å². The molecule has 0 radical (unpaired) electrons. The van der Waals surface area contributed by atoms with Crippen LogP contribution in [0.15, 0.2) is 24.5 Å². The lowest BCUT2D eigenvalue weighted by Crippen LogP contribution is -2.26. The Hall–Kier alpha value is -1.25. The Kier molecular flexibility index (Phi) is 4.99. The maximum atomic E-state index is 11.2. The second kappa shape index (κ2) is 5.47. The number of esters is 1. The smallest absolute Gasteiger partial charge is 0.344 e. The number of ether oxygens (including phenoxy) is 2. The number of carbonyl (C=O) groups is 1. The molecule has 0 aliphatic heterocycles. The topological polar surface area (TPSA) is 35.5 Å². The summed E-state index contributed by atoms with van der Waals surface area (Å²) >= 11 is 0. The van der Waals surface area contributed by atoms with Crippen molar-refractivity contribution in [2.75, 3.05) is 6.61 Å². The van der Waals surface area contributed by atoms with Crippen LogP contribution in [0.5, 0.6) is 0 Å².